The molecule has 0 amide bonds. The highest BCUT2D eigenvalue weighted by atomic mass is 79.9. The Hall–Kier alpha value is -0.0900. The summed E-state index contributed by atoms with van der Waals surface area (Å²) in [5.74, 6) is -0.387. The van der Waals surface area contributed by atoms with E-state index < -0.39 is 5.60 Å². The summed E-state index contributed by atoms with van der Waals surface area (Å²) in [4.78, 5) is 10.9. The highest BCUT2D eigenvalue weighted by Crippen LogP contribution is 2.29. The Morgan fingerprint density at radius 3 is 2.14 bits per heavy atom. The van der Waals surface area contributed by atoms with Crippen LogP contribution < -0.4 is 0 Å². The van der Waals surface area contributed by atoms with Gasteiger partial charge >= 0.3 is 5.97 Å². The minimum absolute atomic E-state index is 0. The van der Waals surface area contributed by atoms with Gasteiger partial charge in [-0.25, -0.2) is 0 Å². The van der Waals surface area contributed by atoms with Crippen LogP contribution in [0.2, 0.25) is 0 Å². The van der Waals surface area contributed by atoms with Gasteiger partial charge in [-0.15, -0.1) is 0 Å². The molecule has 0 aliphatic rings. The van der Waals surface area contributed by atoms with E-state index >= 15 is 0 Å². The molecule has 0 saturated carbocycles. The summed E-state index contributed by atoms with van der Waals surface area (Å²) in [6.07, 6.45) is 0.521. The molecule has 0 fully saturated rings. The number of aliphatic hydroxyl groups is 1. The van der Waals surface area contributed by atoms with Crippen molar-refractivity contribution in [2.75, 3.05) is 7.11 Å². The van der Waals surface area contributed by atoms with Crippen LogP contribution in [0.3, 0.4) is 0 Å². The van der Waals surface area contributed by atoms with Gasteiger partial charge in [0.15, 0.2) is 0 Å². The third-order valence-electron chi connectivity index (χ3n) is 1.55. The first-order valence-electron chi connectivity index (χ1n) is 4.14. The Labute approximate surface area is 95.0 Å². The molecule has 0 spiro atoms. The zero-order chi connectivity index (χ0) is 10.7. The van der Waals surface area contributed by atoms with E-state index in [9.17, 15) is 9.90 Å². The average Bonchev–Trinajstić information content (AvgIpc) is 1.80. The molecule has 0 aliphatic carbocycles. The van der Waals surface area contributed by atoms with Gasteiger partial charge in [0, 0.05) is 4.32 Å². The number of hydrogen-bond donors (Lipinski definition) is 1. The lowest BCUT2D eigenvalue weighted by molar-refractivity contribution is -0.145. The molecule has 86 valence electrons. The predicted octanol–water partition coefficient (Wildman–Crippen LogP) is 2.50. The second kappa shape index (κ2) is 5.71. The first-order valence-corrected chi connectivity index (χ1v) is 4.94. The molecule has 4 heteroatoms. The Morgan fingerprint density at radius 1 is 1.43 bits per heavy atom. The van der Waals surface area contributed by atoms with Crippen LogP contribution in [0.4, 0.5) is 0 Å². The molecule has 1 N–H and O–H groups in total. The Bertz CT molecular complexity index is 182. The van der Waals surface area contributed by atoms with Gasteiger partial charge in [-0.3, -0.25) is 4.79 Å². The first kappa shape index (κ1) is 16.3. The van der Waals surface area contributed by atoms with Gasteiger partial charge in [0.05, 0.1) is 19.1 Å². The van der Waals surface area contributed by atoms with E-state index in [2.05, 4.69) is 20.7 Å². The predicted molar refractivity (Wildman–Crippen MR) is 61.6 cm³/mol. The third-order valence-corrected chi connectivity index (χ3v) is 1.83. The number of halogens is 1. The molecular formula is C10H21BrO3. The molecule has 0 aliphatic heterocycles. The van der Waals surface area contributed by atoms with E-state index in [0.717, 1.165) is 0 Å². The second-order valence-corrected chi connectivity index (χ2v) is 6.29. The number of esters is 1. The van der Waals surface area contributed by atoms with E-state index in [0.29, 0.717) is 6.42 Å². The van der Waals surface area contributed by atoms with E-state index in [-0.39, 0.29) is 24.1 Å². The summed E-state index contributed by atoms with van der Waals surface area (Å²) < 4.78 is 4.31. The van der Waals surface area contributed by atoms with E-state index in [4.69, 9.17) is 0 Å². The lowest BCUT2D eigenvalue weighted by atomic mass is 9.91. The molecule has 0 radical (unpaired) electrons. The smallest absolute Gasteiger partial charge is 0.308 e. The second-order valence-electron chi connectivity index (χ2n) is 4.15. The largest absolute Gasteiger partial charge is 0.469 e. The van der Waals surface area contributed by atoms with Gasteiger partial charge in [-0.2, -0.15) is 0 Å². The van der Waals surface area contributed by atoms with Crippen LogP contribution in [-0.2, 0) is 9.53 Å². The molecule has 0 aromatic carbocycles. The molecule has 14 heavy (non-hydrogen) atoms. The number of rotatable bonds is 4. The van der Waals surface area contributed by atoms with Crippen molar-refractivity contribution in [2.45, 2.75) is 51.0 Å². The Morgan fingerprint density at radius 2 is 1.86 bits per heavy atom. The Balaban J connectivity index is 0. The highest BCUT2D eigenvalue weighted by molar-refractivity contribution is 9.10. The molecule has 0 heterocycles. The van der Waals surface area contributed by atoms with Crippen molar-refractivity contribution in [1.29, 1.82) is 0 Å². The van der Waals surface area contributed by atoms with Crippen molar-refractivity contribution >= 4 is 21.9 Å². The minimum Gasteiger partial charge on any atom is -0.469 e. The summed E-state index contributed by atoms with van der Waals surface area (Å²) in [5, 5.41) is 9.82. The first-order chi connectivity index (χ1) is 5.66. The average molecular weight is 269 g/mol. The number of hydrogen-bond acceptors (Lipinski definition) is 3. The Kier molecular flexibility index (Phi) is 6.66. The molecule has 0 bridgehead atoms. The minimum atomic E-state index is -1.01. The number of alkyl halides is 1. The molecule has 1 atom stereocenters. The fourth-order valence-electron chi connectivity index (χ4n) is 1.35. The van der Waals surface area contributed by atoms with Gasteiger partial charge in [-0.1, -0.05) is 23.4 Å². The third kappa shape index (κ3) is 8.51. The highest BCUT2D eigenvalue weighted by Gasteiger charge is 2.31. The zero-order valence-corrected chi connectivity index (χ0v) is 10.1. The van der Waals surface area contributed by atoms with Gasteiger partial charge < -0.3 is 9.84 Å². The van der Waals surface area contributed by atoms with E-state index in [1.807, 2.05) is 13.8 Å². The van der Waals surface area contributed by atoms with Crippen molar-refractivity contribution in [2.24, 2.45) is 0 Å². The molecule has 0 rings (SSSR count). The van der Waals surface area contributed by atoms with Crippen molar-refractivity contribution in [1.82, 2.24) is 0 Å². The van der Waals surface area contributed by atoms with Gasteiger partial charge in [0.1, 0.15) is 0 Å². The summed E-state index contributed by atoms with van der Waals surface area (Å²) in [5.41, 5.74) is -1.01. The quantitative estimate of drug-likeness (QED) is 0.630. The lowest BCUT2D eigenvalue weighted by Gasteiger charge is -2.28. The van der Waals surface area contributed by atoms with Gasteiger partial charge in [-0.05, 0) is 27.2 Å². The van der Waals surface area contributed by atoms with Crippen LogP contribution in [0, 0.1) is 0 Å². The van der Waals surface area contributed by atoms with Gasteiger partial charge in [0.2, 0.25) is 0 Å². The lowest BCUT2D eigenvalue weighted by Crippen LogP contribution is -2.34. The maximum atomic E-state index is 10.9. The topological polar surface area (TPSA) is 46.5 Å². The van der Waals surface area contributed by atoms with Crippen molar-refractivity contribution in [3.8, 4) is 0 Å². The molecular weight excluding hydrogens is 248 g/mol. The van der Waals surface area contributed by atoms with E-state index in [1.165, 1.54) is 7.11 Å². The van der Waals surface area contributed by atoms with Crippen molar-refractivity contribution < 1.29 is 14.6 Å². The molecule has 3 nitrogen and oxygen atoms in total. The molecule has 0 aromatic heterocycles. The van der Waals surface area contributed by atoms with Crippen LogP contribution in [0.1, 0.15) is 41.0 Å². The fraction of sp³-hybridized carbons (Fsp3) is 0.900. The van der Waals surface area contributed by atoms with Crippen molar-refractivity contribution in [3.63, 3.8) is 0 Å². The summed E-state index contributed by atoms with van der Waals surface area (Å²) in [6, 6.07) is 0. The fourth-order valence-corrected chi connectivity index (χ4v) is 1.96. The van der Waals surface area contributed by atoms with Crippen LogP contribution in [0.25, 0.3) is 0 Å². The summed E-state index contributed by atoms with van der Waals surface area (Å²) in [6.45, 7) is 5.52. The van der Waals surface area contributed by atoms with Crippen molar-refractivity contribution in [3.05, 3.63) is 0 Å². The number of carbonyl (C=O) groups excluding carboxylic acids is 1. The van der Waals surface area contributed by atoms with E-state index in [1.54, 1.807) is 6.92 Å². The normalized spacial score (nSPS) is 15.3. The number of methoxy groups -OCH3 is 1. The monoisotopic (exact) mass is 268 g/mol. The van der Waals surface area contributed by atoms with Gasteiger partial charge in [0.25, 0.3) is 0 Å². The molecule has 0 saturated heterocycles. The standard InChI is InChI=1S/C9H17BrO3.CH4/c1-8(2,10)6-9(3,12)5-7(11)13-4;/h12H,5-6H2,1-4H3;1H4. The maximum absolute atomic E-state index is 10.9. The van der Waals surface area contributed by atoms with Crippen LogP contribution in [-0.4, -0.2) is 28.1 Å². The van der Waals surface area contributed by atoms with Crippen LogP contribution >= 0.6 is 15.9 Å². The van der Waals surface area contributed by atoms with Crippen LogP contribution in [0.15, 0.2) is 0 Å². The molecule has 1 unspecified atom stereocenters. The zero-order valence-electron chi connectivity index (χ0n) is 8.56. The molecule has 0 aromatic rings. The summed E-state index contributed by atoms with van der Waals surface area (Å²) >= 11 is 3.41. The number of ether oxygens (including phenoxy) is 1. The maximum Gasteiger partial charge on any atom is 0.308 e. The summed E-state index contributed by atoms with van der Waals surface area (Å²) in [7, 11) is 1.32. The number of carbonyl (C=O) groups is 1. The van der Waals surface area contributed by atoms with Crippen LogP contribution in [0.5, 0.6) is 0 Å². The SMILES string of the molecule is C.COC(=O)CC(C)(O)CC(C)(C)Br.